The minimum absolute atomic E-state index is 0.0833. The quantitative estimate of drug-likeness (QED) is 0.645. The summed E-state index contributed by atoms with van der Waals surface area (Å²) in [5, 5.41) is 11.7. The Bertz CT molecular complexity index is 976. The molecular weight excluding hydrogens is 408 g/mol. The maximum absolute atomic E-state index is 12.7. The number of Topliss-reactive ketones (excluding diaryl/α,β-unsaturated/α-hetero) is 1. The summed E-state index contributed by atoms with van der Waals surface area (Å²) >= 11 is 0. The molecule has 0 atom stereocenters. The second-order valence-electron chi connectivity index (χ2n) is 7.90. The topological polar surface area (TPSA) is 103 Å². The predicted molar refractivity (Wildman–Crippen MR) is 120 cm³/mol. The highest BCUT2D eigenvalue weighted by molar-refractivity contribution is 6.34. The van der Waals surface area contributed by atoms with Gasteiger partial charge in [0.2, 0.25) is 0 Å². The zero-order valence-electron chi connectivity index (χ0n) is 18.4. The molecule has 1 aliphatic carbocycles. The monoisotopic (exact) mass is 436 g/mol. The van der Waals surface area contributed by atoms with Gasteiger partial charge < -0.3 is 25.1 Å². The van der Waals surface area contributed by atoms with Crippen LogP contribution < -0.4 is 9.84 Å². The number of ether oxygens (including phenoxy) is 2. The molecule has 170 valence electrons. The second kappa shape index (κ2) is 11.0. The van der Waals surface area contributed by atoms with Gasteiger partial charge in [-0.25, -0.2) is 0 Å². The Hall–Kier alpha value is -3.00. The van der Waals surface area contributed by atoms with Crippen molar-refractivity contribution in [2.24, 2.45) is 0 Å². The lowest BCUT2D eigenvalue weighted by Crippen LogP contribution is -2.38. The normalized spacial score (nSPS) is 15.9. The maximum Gasteiger partial charge on any atom is 0.196 e. The standard InChI is InChI=1S/C22H21NO5.C3H8N/c24-21-18-14-16(28-13-10-23-8-11-27-12-9-23)6-7-17(18)19(20(21)22(25)26)15-4-2-1-3-5-15;1-3(2)4/h1-7,14H,8-13H2,(H,25,26);3-4H,1-2H3/q;-1/p-1. The fourth-order valence-electron chi connectivity index (χ4n) is 3.62. The fourth-order valence-corrected chi connectivity index (χ4v) is 3.62. The van der Waals surface area contributed by atoms with Crippen LogP contribution in [0.4, 0.5) is 0 Å². The molecule has 0 bridgehead atoms. The average molecular weight is 437 g/mol. The van der Waals surface area contributed by atoms with Gasteiger partial charge in [0.05, 0.1) is 24.8 Å². The molecule has 2 aromatic rings. The van der Waals surface area contributed by atoms with Crippen molar-refractivity contribution in [3.05, 3.63) is 76.5 Å². The molecule has 0 aromatic heterocycles. The van der Waals surface area contributed by atoms with Gasteiger partial charge in [0.1, 0.15) is 12.4 Å². The van der Waals surface area contributed by atoms with E-state index < -0.39 is 11.8 Å². The van der Waals surface area contributed by atoms with Crippen molar-refractivity contribution in [3.63, 3.8) is 0 Å². The Morgan fingerprint density at radius 3 is 2.41 bits per heavy atom. The molecule has 1 aliphatic heterocycles. The smallest absolute Gasteiger partial charge is 0.196 e. The van der Waals surface area contributed by atoms with Gasteiger partial charge >= 0.3 is 0 Å². The van der Waals surface area contributed by atoms with Gasteiger partial charge in [0.25, 0.3) is 0 Å². The van der Waals surface area contributed by atoms with E-state index in [9.17, 15) is 14.7 Å². The first kappa shape index (κ1) is 23.7. The first-order chi connectivity index (χ1) is 15.4. The third-order valence-corrected chi connectivity index (χ3v) is 5.03. The molecule has 0 saturated carbocycles. The van der Waals surface area contributed by atoms with Gasteiger partial charge in [0, 0.05) is 30.8 Å². The Morgan fingerprint density at radius 2 is 1.78 bits per heavy atom. The number of ketones is 1. The molecule has 2 aromatic carbocycles. The Morgan fingerprint density at radius 1 is 1.12 bits per heavy atom. The minimum atomic E-state index is -1.46. The zero-order chi connectivity index (χ0) is 23.1. The maximum atomic E-state index is 12.7. The van der Waals surface area contributed by atoms with Gasteiger partial charge in [-0.05, 0) is 29.3 Å². The molecule has 0 amide bonds. The van der Waals surface area contributed by atoms with Crippen LogP contribution in [0.15, 0.2) is 54.1 Å². The van der Waals surface area contributed by atoms with Crippen molar-refractivity contribution in [1.82, 2.24) is 4.90 Å². The number of carboxylic acids is 1. The van der Waals surface area contributed by atoms with Crippen LogP contribution in [0.2, 0.25) is 0 Å². The molecule has 4 rings (SSSR count). The molecule has 7 nitrogen and oxygen atoms in total. The lowest BCUT2D eigenvalue weighted by atomic mass is 9.97. The number of rotatable bonds is 6. The van der Waals surface area contributed by atoms with Crippen molar-refractivity contribution < 1.29 is 24.2 Å². The van der Waals surface area contributed by atoms with E-state index in [2.05, 4.69) is 4.90 Å². The highest BCUT2D eigenvalue weighted by Crippen LogP contribution is 2.38. The number of fused-ring (bicyclic) bond motifs is 1. The number of nitrogens with zero attached hydrogens (tertiary/aromatic N) is 1. The molecule has 1 fully saturated rings. The van der Waals surface area contributed by atoms with Crippen LogP contribution >= 0.6 is 0 Å². The molecule has 2 aliphatic rings. The second-order valence-corrected chi connectivity index (χ2v) is 7.90. The molecule has 1 saturated heterocycles. The average Bonchev–Trinajstić information content (AvgIpc) is 3.07. The first-order valence-electron chi connectivity index (χ1n) is 10.7. The summed E-state index contributed by atoms with van der Waals surface area (Å²) in [5.74, 6) is -1.45. The van der Waals surface area contributed by atoms with Gasteiger partial charge in [-0.3, -0.25) is 9.69 Å². The van der Waals surface area contributed by atoms with Gasteiger partial charge in [-0.2, -0.15) is 0 Å². The lowest BCUT2D eigenvalue weighted by Gasteiger charge is -2.26. The molecule has 0 radical (unpaired) electrons. The van der Waals surface area contributed by atoms with Crippen molar-refractivity contribution in [1.29, 1.82) is 0 Å². The van der Waals surface area contributed by atoms with E-state index in [1.54, 1.807) is 42.5 Å². The van der Waals surface area contributed by atoms with Gasteiger partial charge in [-0.15, -0.1) is 6.04 Å². The van der Waals surface area contributed by atoms with E-state index in [4.69, 9.17) is 15.2 Å². The van der Waals surface area contributed by atoms with E-state index in [1.807, 2.05) is 19.9 Å². The Labute approximate surface area is 188 Å². The minimum Gasteiger partial charge on any atom is -0.675 e. The summed E-state index contributed by atoms with van der Waals surface area (Å²) in [7, 11) is 0. The summed E-state index contributed by atoms with van der Waals surface area (Å²) in [6, 6.07) is 14.2. The van der Waals surface area contributed by atoms with Crippen LogP contribution in [0, 0.1) is 0 Å². The number of aliphatic carboxylic acids is 1. The lowest BCUT2D eigenvalue weighted by molar-refractivity contribution is -0.298. The van der Waals surface area contributed by atoms with Crippen molar-refractivity contribution >= 4 is 17.3 Å². The van der Waals surface area contributed by atoms with Crippen molar-refractivity contribution in [3.8, 4) is 5.75 Å². The van der Waals surface area contributed by atoms with Crippen LogP contribution in [0.3, 0.4) is 0 Å². The van der Waals surface area contributed by atoms with E-state index in [0.717, 1.165) is 32.8 Å². The summed E-state index contributed by atoms with van der Waals surface area (Å²) in [6.07, 6.45) is 0. The highest BCUT2D eigenvalue weighted by Gasteiger charge is 2.31. The number of carboxylic acid groups (broad SMARTS) is 1. The number of benzene rings is 2. The molecule has 7 heteroatoms. The number of carbonyl (C=O) groups excluding carboxylic acids is 2. The summed E-state index contributed by atoms with van der Waals surface area (Å²) in [6.45, 7) is 8.14. The first-order valence-corrected chi connectivity index (χ1v) is 10.7. The molecule has 0 spiro atoms. The van der Waals surface area contributed by atoms with Crippen molar-refractivity contribution in [2.45, 2.75) is 19.9 Å². The molecule has 1 heterocycles. The van der Waals surface area contributed by atoms with Gasteiger partial charge in [-0.1, -0.05) is 44.2 Å². The number of nitrogens with one attached hydrogen (secondary N) is 1. The third-order valence-electron chi connectivity index (χ3n) is 5.03. The predicted octanol–water partition coefficient (Wildman–Crippen LogP) is 2.59. The Balaban J connectivity index is 0.000000668. The van der Waals surface area contributed by atoms with Crippen LogP contribution in [0.25, 0.3) is 11.3 Å². The van der Waals surface area contributed by atoms with E-state index >= 15 is 0 Å². The largest absolute Gasteiger partial charge is 0.675 e. The van der Waals surface area contributed by atoms with Crippen molar-refractivity contribution in [2.75, 3.05) is 39.5 Å². The van der Waals surface area contributed by atoms with Crippen LogP contribution in [0.5, 0.6) is 5.75 Å². The number of hydrogen-bond acceptors (Lipinski definition) is 6. The van der Waals surface area contributed by atoms with Crippen LogP contribution in [-0.4, -0.2) is 62.1 Å². The number of carbonyl (C=O) groups is 2. The highest BCUT2D eigenvalue weighted by atomic mass is 16.5. The SMILES string of the molecule is CC(C)[NH-].O=C([O-])C1=C(c2ccccc2)c2ccc(OCCN3CCOCC3)cc2C1=O. The molecule has 1 N–H and O–H groups in total. The Kier molecular flexibility index (Phi) is 8.16. The van der Waals surface area contributed by atoms with E-state index in [1.165, 1.54) is 0 Å². The fraction of sp³-hybridized carbons (Fsp3) is 0.360. The van der Waals surface area contributed by atoms with Crippen LogP contribution in [-0.2, 0) is 9.53 Å². The molecule has 32 heavy (non-hydrogen) atoms. The third kappa shape index (κ3) is 5.82. The number of morpholine rings is 1. The van der Waals surface area contributed by atoms with E-state index in [-0.39, 0.29) is 11.6 Å². The summed E-state index contributed by atoms with van der Waals surface area (Å²) < 4.78 is 11.1. The molecular formula is C25H28N2O5-2. The van der Waals surface area contributed by atoms with E-state index in [0.29, 0.717) is 34.6 Å². The summed E-state index contributed by atoms with van der Waals surface area (Å²) in [4.78, 5) is 26.7. The summed E-state index contributed by atoms with van der Waals surface area (Å²) in [5.41, 5.74) is 8.29. The van der Waals surface area contributed by atoms with Crippen LogP contribution in [0.1, 0.15) is 35.3 Å². The number of hydrogen-bond donors (Lipinski definition) is 0. The van der Waals surface area contributed by atoms with Gasteiger partial charge in [0.15, 0.2) is 5.78 Å². The molecule has 0 unspecified atom stereocenters. The zero-order valence-corrected chi connectivity index (χ0v) is 18.4.